The van der Waals surface area contributed by atoms with Crippen molar-refractivity contribution in [3.05, 3.63) is 24.4 Å². The molecule has 50 valence electrons. The van der Waals surface area contributed by atoms with Crippen LogP contribution in [-0.4, -0.2) is 35.1 Å². The third-order valence-electron chi connectivity index (χ3n) is 0.788. The first-order valence-electron chi connectivity index (χ1n) is 2.29. The molecule has 1 heterocycles. The van der Waals surface area contributed by atoms with Gasteiger partial charge in [-0.3, -0.25) is 0 Å². The minimum Gasteiger partial charge on any atom is -1.00 e. The molecule has 10 heavy (non-hydrogen) atoms. The van der Waals surface area contributed by atoms with Crippen molar-refractivity contribution >= 4 is 23.1 Å². The molecule has 1 rings (SSSR count). The van der Waals surface area contributed by atoms with Crippen LogP contribution in [0, 0.1) is 6.07 Å². The number of rotatable bonds is 1. The Kier molecular flexibility index (Phi) is 9.01. The van der Waals surface area contributed by atoms with E-state index in [1.54, 1.807) is 25.4 Å². The van der Waals surface area contributed by atoms with Crippen molar-refractivity contribution in [1.29, 1.82) is 0 Å². The van der Waals surface area contributed by atoms with Gasteiger partial charge in [-0.2, -0.15) is 12.1 Å². The molecule has 0 atom stereocenters. The summed E-state index contributed by atoms with van der Waals surface area (Å²) in [4.78, 5) is 3.84. The Morgan fingerprint density at radius 2 is 2.30 bits per heavy atom. The number of aromatic nitrogens is 1. The van der Waals surface area contributed by atoms with Crippen molar-refractivity contribution < 1.29 is 17.1 Å². The molecule has 0 unspecified atom stereocenters. The smallest absolute Gasteiger partial charge is 1.00 e. The Bertz CT molecular complexity index is 159. The Morgan fingerprint density at radius 1 is 1.60 bits per heavy atom. The Morgan fingerprint density at radius 3 is 2.60 bits per heavy atom. The summed E-state index contributed by atoms with van der Waals surface area (Å²) in [7, 11) is 1.58. The van der Waals surface area contributed by atoms with Crippen molar-refractivity contribution in [3.63, 3.8) is 0 Å². The van der Waals surface area contributed by atoms with Crippen LogP contribution in [0.4, 0.5) is 0 Å². The monoisotopic (exact) mass is 167 g/mol. The zero-order valence-corrected chi connectivity index (χ0v) is 7.84. The van der Waals surface area contributed by atoms with Crippen LogP contribution in [0.1, 0.15) is 0 Å². The van der Waals surface area contributed by atoms with Gasteiger partial charge in [-0.15, -0.1) is 6.07 Å². The maximum absolute atomic E-state index is 4.77. The van der Waals surface area contributed by atoms with E-state index in [1.807, 2.05) is 0 Å². The largest absolute Gasteiger partial charge is 2.00 e. The van der Waals surface area contributed by atoms with E-state index in [0.717, 1.165) is 0 Å². The van der Waals surface area contributed by atoms with Gasteiger partial charge in [0.15, 0.2) is 0 Å². The molecule has 0 bridgehead atoms. The topological polar surface area (TPSA) is 22.1 Å². The van der Waals surface area contributed by atoms with Crippen LogP contribution in [0.25, 0.3) is 0 Å². The molecule has 0 saturated heterocycles. The Balaban J connectivity index is 0. The van der Waals surface area contributed by atoms with E-state index in [9.17, 15) is 0 Å². The number of ether oxygens (including phenoxy) is 1. The van der Waals surface area contributed by atoms with Crippen molar-refractivity contribution in [2.45, 2.75) is 0 Å². The van der Waals surface area contributed by atoms with Crippen LogP contribution >= 0.6 is 0 Å². The number of hydrogen-bond acceptors (Lipinski definition) is 2. The van der Waals surface area contributed by atoms with Gasteiger partial charge in [0, 0.05) is 0 Å². The maximum Gasteiger partial charge on any atom is 2.00 e. The number of nitrogens with zero attached hydrogens (tertiary/aromatic N) is 1. The van der Waals surface area contributed by atoms with E-state index < -0.39 is 0 Å². The summed E-state index contributed by atoms with van der Waals surface area (Å²) in [5.41, 5.74) is 0. The minimum atomic E-state index is 0. The summed E-state index contributed by atoms with van der Waals surface area (Å²) in [5.74, 6) is 0.604. The number of halogens is 1. The van der Waals surface area contributed by atoms with E-state index in [-0.39, 0.29) is 35.5 Å². The summed E-state index contributed by atoms with van der Waals surface area (Å²) in [6.45, 7) is 0. The van der Waals surface area contributed by atoms with E-state index in [2.05, 4.69) is 11.1 Å². The van der Waals surface area contributed by atoms with E-state index in [0.29, 0.717) is 5.88 Å². The third kappa shape index (κ3) is 3.93. The van der Waals surface area contributed by atoms with Gasteiger partial charge in [0.1, 0.15) is 0 Å². The average Bonchev–Trinajstić information content (AvgIpc) is 1.90. The standard InChI is InChI=1S/C6H6NO.ClH.Mg/c1-8-6-4-2-3-5-7-6;;/h3-5H,1H3;1H;/q-1;;+2/p-1. The summed E-state index contributed by atoms with van der Waals surface area (Å²) in [5, 5.41) is 0. The molecular weight excluding hydrogens is 162 g/mol. The second-order valence-electron chi connectivity index (χ2n) is 1.30. The van der Waals surface area contributed by atoms with E-state index in [1.165, 1.54) is 0 Å². The summed E-state index contributed by atoms with van der Waals surface area (Å²) in [6.07, 6.45) is 1.64. The van der Waals surface area contributed by atoms with Crippen molar-refractivity contribution in [2.75, 3.05) is 7.11 Å². The quantitative estimate of drug-likeness (QED) is 0.342. The van der Waals surface area contributed by atoms with Gasteiger partial charge in [-0.25, -0.2) is 0 Å². The zero-order valence-electron chi connectivity index (χ0n) is 5.67. The zero-order chi connectivity index (χ0) is 5.82. The Hall–Kier alpha value is 0.00623. The molecule has 0 N–H and O–H groups in total. The van der Waals surface area contributed by atoms with Crippen LogP contribution in [-0.2, 0) is 0 Å². The van der Waals surface area contributed by atoms with Gasteiger partial charge in [-0.1, -0.05) is 6.20 Å². The van der Waals surface area contributed by atoms with Crippen LogP contribution in [0.3, 0.4) is 0 Å². The molecule has 0 spiro atoms. The predicted molar refractivity (Wildman–Crippen MR) is 35.4 cm³/mol. The SMILES string of the molecule is COc1c[c-]ccn1.[Cl-].[Mg+2]. The van der Waals surface area contributed by atoms with Gasteiger partial charge < -0.3 is 22.1 Å². The molecule has 0 saturated carbocycles. The third-order valence-corrected chi connectivity index (χ3v) is 0.788. The molecule has 2 nitrogen and oxygen atoms in total. The summed E-state index contributed by atoms with van der Waals surface area (Å²) >= 11 is 0. The van der Waals surface area contributed by atoms with E-state index in [4.69, 9.17) is 4.74 Å². The average molecular weight is 168 g/mol. The number of pyridine rings is 1. The molecule has 0 aliphatic heterocycles. The van der Waals surface area contributed by atoms with Gasteiger partial charge in [-0.05, 0) is 0 Å². The van der Waals surface area contributed by atoms with Crippen LogP contribution in [0.5, 0.6) is 5.88 Å². The first-order valence-corrected chi connectivity index (χ1v) is 2.29. The van der Waals surface area contributed by atoms with Crippen LogP contribution < -0.4 is 17.1 Å². The summed E-state index contributed by atoms with van der Waals surface area (Å²) in [6, 6.07) is 6.23. The van der Waals surface area contributed by atoms with Crippen LogP contribution in [0.15, 0.2) is 18.3 Å². The fraction of sp³-hybridized carbons (Fsp3) is 0.167. The first-order chi connectivity index (χ1) is 3.93. The molecule has 0 aromatic carbocycles. The van der Waals surface area contributed by atoms with Gasteiger partial charge in [0.2, 0.25) is 0 Å². The number of hydrogen-bond donors (Lipinski definition) is 0. The molecule has 0 aliphatic rings. The van der Waals surface area contributed by atoms with Crippen molar-refractivity contribution in [2.24, 2.45) is 0 Å². The van der Waals surface area contributed by atoms with Gasteiger partial charge in [0.25, 0.3) is 0 Å². The molecule has 0 aliphatic carbocycles. The molecule has 1 aromatic heterocycles. The second kappa shape index (κ2) is 7.12. The Labute approximate surface area is 82.6 Å². The first kappa shape index (κ1) is 12.7. The number of methoxy groups -OCH3 is 1. The second-order valence-corrected chi connectivity index (χ2v) is 1.30. The van der Waals surface area contributed by atoms with Crippen molar-refractivity contribution in [1.82, 2.24) is 4.98 Å². The predicted octanol–water partition coefficient (Wildman–Crippen LogP) is -2.49. The maximum atomic E-state index is 4.77. The molecule has 0 amide bonds. The van der Waals surface area contributed by atoms with E-state index >= 15 is 0 Å². The fourth-order valence-electron chi connectivity index (χ4n) is 0.422. The van der Waals surface area contributed by atoms with Crippen LogP contribution in [0.2, 0.25) is 0 Å². The fourth-order valence-corrected chi connectivity index (χ4v) is 0.422. The minimum absolute atomic E-state index is 0. The normalized spacial score (nSPS) is 6.90. The molecular formula is C6H6ClMgNO. The molecule has 4 heteroatoms. The molecule has 1 aromatic rings. The van der Waals surface area contributed by atoms with Gasteiger partial charge in [0.05, 0.1) is 13.0 Å². The molecule has 0 radical (unpaired) electrons. The van der Waals surface area contributed by atoms with Crippen molar-refractivity contribution in [3.8, 4) is 5.88 Å². The van der Waals surface area contributed by atoms with Gasteiger partial charge >= 0.3 is 23.1 Å². The summed E-state index contributed by atoms with van der Waals surface area (Å²) < 4.78 is 4.77. The molecule has 0 fully saturated rings.